The van der Waals surface area contributed by atoms with Gasteiger partial charge in [-0.3, -0.25) is 4.79 Å². The summed E-state index contributed by atoms with van der Waals surface area (Å²) in [4.78, 5) is 24.6. The predicted octanol–water partition coefficient (Wildman–Crippen LogP) is 4.36. The Morgan fingerprint density at radius 3 is 2.30 bits per heavy atom. The van der Waals surface area contributed by atoms with Crippen molar-refractivity contribution in [2.75, 3.05) is 5.32 Å². The number of carbonyl (C=O) groups is 2. The first-order valence-corrected chi connectivity index (χ1v) is 9.56. The second kappa shape index (κ2) is 9.26. The topological polar surface area (TPSA) is 90.7 Å². The summed E-state index contributed by atoms with van der Waals surface area (Å²) in [5.74, 6) is 0.327. The van der Waals surface area contributed by atoms with E-state index in [1.54, 1.807) is 36.4 Å². The van der Waals surface area contributed by atoms with E-state index in [9.17, 15) is 9.59 Å². The molecule has 1 aromatic heterocycles. The number of ether oxygens (including phenoxy) is 2. The summed E-state index contributed by atoms with van der Waals surface area (Å²) in [6, 6.07) is 13.9. The normalized spacial score (nSPS) is 11.6. The number of amides is 1. The minimum Gasteiger partial charge on any atom is -0.489 e. The molecule has 0 aliphatic rings. The van der Waals surface area contributed by atoms with Crippen LogP contribution < -0.4 is 10.1 Å². The number of anilines is 1. The smallest absolute Gasteiger partial charge is 0.338 e. The fraction of sp³-hybridized carbons (Fsp3) is 0.261. The quantitative estimate of drug-likeness (QED) is 0.584. The van der Waals surface area contributed by atoms with Crippen molar-refractivity contribution in [3.05, 3.63) is 76.7 Å². The molecule has 0 saturated heterocycles. The first-order valence-electron chi connectivity index (χ1n) is 9.56. The Balaban J connectivity index is 1.53. The summed E-state index contributed by atoms with van der Waals surface area (Å²) < 4.78 is 16.1. The van der Waals surface area contributed by atoms with E-state index in [0.717, 1.165) is 16.8 Å². The molecule has 0 aliphatic carbocycles. The van der Waals surface area contributed by atoms with Crippen LogP contribution >= 0.6 is 0 Å². The minimum absolute atomic E-state index is 0.321. The molecule has 0 bridgehead atoms. The van der Waals surface area contributed by atoms with E-state index < -0.39 is 18.0 Å². The third-order valence-corrected chi connectivity index (χ3v) is 4.63. The largest absolute Gasteiger partial charge is 0.489 e. The fourth-order valence-corrected chi connectivity index (χ4v) is 2.71. The molecule has 3 rings (SSSR count). The van der Waals surface area contributed by atoms with Crippen molar-refractivity contribution in [2.24, 2.45) is 0 Å². The Hall–Kier alpha value is -3.61. The molecular formula is C23H24N2O5. The molecule has 7 nitrogen and oxygen atoms in total. The molecule has 30 heavy (non-hydrogen) atoms. The van der Waals surface area contributed by atoms with Crippen LogP contribution in [0.2, 0.25) is 0 Å². The highest BCUT2D eigenvalue weighted by Gasteiger charge is 2.19. The molecule has 1 atom stereocenters. The first-order chi connectivity index (χ1) is 14.3. The van der Waals surface area contributed by atoms with E-state index in [-0.39, 0.29) is 0 Å². The molecule has 0 saturated carbocycles. The predicted molar refractivity (Wildman–Crippen MR) is 111 cm³/mol. The van der Waals surface area contributed by atoms with Crippen LogP contribution in [-0.2, 0) is 16.1 Å². The van der Waals surface area contributed by atoms with Gasteiger partial charge in [0.2, 0.25) is 0 Å². The molecule has 1 N–H and O–H groups in total. The van der Waals surface area contributed by atoms with Crippen LogP contribution in [0.3, 0.4) is 0 Å². The van der Waals surface area contributed by atoms with Crippen LogP contribution in [-0.4, -0.2) is 23.1 Å². The van der Waals surface area contributed by atoms with Crippen molar-refractivity contribution in [1.82, 2.24) is 5.16 Å². The van der Waals surface area contributed by atoms with Gasteiger partial charge in [-0.1, -0.05) is 22.9 Å². The lowest BCUT2D eigenvalue weighted by atomic mass is 10.2. The number of hydrogen-bond acceptors (Lipinski definition) is 6. The van der Waals surface area contributed by atoms with E-state index in [1.165, 1.54) is 6.92 Å². The van der Waals surface area contributed by atoms with Crippen molar-refractivity contribution in [3.8, 4) is 5.75 Å². The van der Waals surface area contributed by atoms with E-state index in [0.29, 0.717) is 29.4 Å². The average Bonchev–Trinajstić information content (AvgIpc) is 3.05. The van der Waals surface area contributed by atoms with Gasteiger partial charge in [-0.2, -0.15) is 0 Å². The number of nitrogens with one attached hydrogen (secondary N) is 1. The standard InChI is InChI=1S/C23H24N2O5/c1-14-5-9-19(10-6-14)24-22(26)17(4)29-23(27)18-7-11-20(12-8-18)28-13-21-15(2)25-30-16(21)3/h5-12,17H,13H2,1-4H3,(H,24,26)/t17-/m1/s1. The van der Waals surface area contributed by atoms with Crippen molar-refractivity contribution in [2.45, 2.75) is 40.4 Å². The Morgan fingerprint density at radius 2 is 1.70 bits per heavy atom. The van der Waals surface area contributed by atoms with Gasteiger partial charge < -0.3 is 19.3 Å². The summed E-state index contributed by atoms with van der Waals surface area (Å²) in [5, 5.41) is 6.61. The number of aromatic nitrogens is 1. The first kappa shape index (κ1) is 21.1. The molecule has 0 unspecified atom stereocenters. The van der Waals surface area contributed by atoms with Gasteiger partial charge in [0.15, 0.2) is 6.10 Å². The van der Waals surface area contributed by atoms with Crippen LogP contribution in [0.4, 0.5) is 5.69 Å². The van der Waals surface area contributed by atoms with Gasteiger partial charge >= 0.3 is 5.97 Å². The number of hydrogen-bond donors (Lipinski definition) is 1. The Bertz CT molecular complexity index is 1000. The number of carbonyl (C=O) groups excluding carboxylic acids is 2. The summed E-state index contributed by atoms with van der Waals surface area (Å²) in [6.07, 6.45) is -0.936. The lowest BCUT2D eigenvalue weighted by Crippen LogP contribution is -2.30. The average molecular weight is 408 g/mol. The second-order valence-corrected chi connectivity index (χ2v) is 7.02. The van der Waals surface area contributed by atoms with Gasteiger partial charge in [0.1, 0.15) is 18.1 Å². The number of nitrogens with zero attached hydrogens (tertiary/aromatic N) is 1. The summed E-state index contributed by atoms with van der Waals surface area (Å²) in [7, 11) is 0. The highest BCUT2D eigenvalue weighted by Crippen LogP contribution is 2.18. The maximum atomic E-state index is 12.3. The number of aryl methyl sites for hydroxylation is 3. The molecule has 2 aromatic carbocycles. The fourth-order valence-electron chi connectivity index (χ4n) is 2.71. The zero-order valence-corrected chi connectivity index (χ0v) is 17.4. The van der Waals surface area contributed by atoms with Gasteiger partial charge in [0.05, 0.1) is 16.8 Å². The number of benzene rings is 2. The van der Waals surface area contributed by atoms with E-state index >= 15 is 0 Å². The molecular weight excluding hydrogens is 384 g/mol. The SMILES string of the molecule is Cc1ccc(NC(=O)[C@@H](C)OC(=O)c2ccc(OCc3c(C)noc3C)cc2)cc1. The van der Waals surface area contributed by atoms with Crippen LogP contribution in [0.5, 0.6) is 5.75 Å². The van der Waals surface area contributed by atoms with Crippen molar-refractivity contribution >= 4 is 17.6 Å². The molecule has 0 fully saturated rings. The Kier molecular flexibility index (Phi) is 6.51. The van der Waals surface area contributed by atoms with Gasteiger partial charge in [-0.15, -0.1) is 0 Å². The third-order valence-electron chi connectivity index (χ3n) is 4.63. The molecule has 156 valence electrons. The van der Waals surface area contributed by atoms with E-state index in [2.05, 4.69) is 10.5 Å². The second-order valence-electron chi connectivity index (χ2n) is 7.02. The highest BCUT2D eigenvalue weighted by molar-refractivity contribution is 5.97. The third kappa shape index (κ3) is 5.26. The molecule has 1 amide bonds. The van der Waals surface area contributed by atoms with Gasteiger partial charge in [0.25, 0.3) is 5.91 Å². The van der Waals surface area contributed by atoms with Crippen molar-refractivity contribution in [3.63, 3.8) is 0 Å². The maximum Gasteiger partial charge on any atom is 0.338 e. The van der Waals surface area contributed by atoms with Gasteiger partial charge in [-0.05, 0) is 64.1 Å². The molecule has 0 spiro atoms. The van der Waals surface area contributed by atoms with Gasteiger partial charge in [-0.25, -0.2) is 4.79 Å². The van der Waals surface area contributed by atoms with Gasteiger partial charge in [0, 0.05) is 5.69 Å². The summed E-state index contributed by atoms with van der Waals surface area (Å²) in [6.45, 7) is 7.49. The Morgan fingerprint density at radius 1 is 1.03 bits per heavy atom. The Labute approximate surface area is 175 Å². The van der Waals surface area contributed by atoms with Crippen LogP contribution in [0, 0.1) is 20.8 Å². The minimum atomic E-state index is -0.936. The lowest BCUT2D eigenvalue weighted by Gasteiger charge is -2.14. The number of rotatable bonds is 7. The summed E-state index contributed by atoms with van der Waals surface area (Å²) in [5.41, 5.74) is 3.74. The van der Waals surface area contributed by atoms with Crippen molar-refractivity contribution < 1.29 is 23.6 Å². The monoisotopic (exact) mass is 408 g/mol. The molecule has 0 radical (unpaired) electrons. The van der Waals surface area contributed by atoms with E-state index in [4.69, 9.17) is 14.0 Å². The number of esters is 1. The summed E-state index contributed by atoms with van der Waals surface area (Å²) >= 11 is 0. The van der Waals surface area contributed by atoms with Crippen molar-refractivity contribution in [1.29, 1.82) is 0 Å². The lowest BCUT2D eigenvalue weighted by molar-refractivity contribution is -0.123. The zero-order chi connectivity index (χ0) is 21.7. The maximum absolute atomic E-state index is 12.3. The molecule has 1 heterocycles. The zero-order valence-electron chi connectivity index (χ0n) is 17.4. The highest BCUT2D eigenvalue weighted by atomic mass is 16.5. The van der Waals surface area contributed by atoms with Crippen LogP contribution in [0.1, 0.15) is 39.9 Å². The molecule has 7 heteroatoms. The van der Waals surface area contributed by atoms with Crippen LogP contribution in [0.15, 0.2) is 53.1 Å². The molecule has 0 aliphatic heterocycles. The van der Waals surface area contributed by atoms with E-state index in [1.807, 2.05) is 32.9 Å². The van der Waals surface area contributed by atoms with Crippen LogP contribution in [0.25, 0.3) is 0 Å². The molecule has 3 aromatic rings.